The van der Waals surface area contributed by atoms with Gasteiger partial charge < -0.3 is 19.7 Å². The van der Waals surface area contributed by atoms with E-state index < -0.39 is 17.4 Å². The number of aryl methyl sites for hydroxylation is 3. The van der Waals surface area contributed by atoms with Gasteiger partial charge in [-0.2, -0.15) is 4.98 Å². The van der Waals surface area contributed by atoms with Crippen molar-refractivity contribution >= 4 is 17.1 Å². The maximum atomic E-state index is 12.6. The highest BCUT2D eigenvalue weighted by molar-refractivity contribution is 5.74. The first-order valence-electron chi connectivity index (χ1n) is 10.7. The van der Waals surface area contributed by atoms with Crippen LogP contribution in [0.25, 0.3) is 11.2 Å². The summed E-state index contributed by atoms with van der Waals surface area (Å²) in [5.41, 5.74) is 2.49. The van der Waals surface area contributed by atoms with Crippen molar-refractivity contribution in [2.75, 3.05) is 11.9 Å². The summed E-state index contributed by atoms with van der Waals surface area (Å²) in [6.07, 6.45) is -0.918. The van der Waals surface area contributed by atoms with Gasteiger partial charge in [0.1, 0.15) is 18.5 Å². The quantitative estimate of drug-likeness (QED) is 0.380. The van der Waals surface area contributed by atoms with E-state index >= 15 is 0 Å². The Kier molecular flexibility index (Phi) is 6.32. The van der Waals surface area contributed by atoms with Gasteiger partial charge in [-0.05, 0) is 31.0 Å². The fraction of sp³-hybridized carbons (Fsp3) is 0.292. The Balaban J connectivity index is 1.62. The molecule has 0 aliphatic rings. The molecule has 0 unspecified atom stereocenters. The second-order valence-electron chi connectivity index (χ2n) is 8.11. The van der Waals surface area contributed by atoms with Crippen LogP contribution in [0.2, 0.25) is 0 Å². The molecular formula is C24H27N5O4. The summed E-state index contributed by atoms with van der Waals surface area (Å²) in [4.78, 5) is 31.5. The molecule has 2 aromatic heterocycles. The number of aliphatic hydroxyl groups is 1. The summed E-state index contributed by atoms with van der Waals surface area (Å²) in [6, 6.07) is 15.6. The van der Waals surface area contributed by atoms with Gasteiger partial charge in [0.05, 0.1) is 6.54 Å². The van der Waals surface area contributed by atoms with Crippen molar-refractivity contribution in [1.29, 1.82) is 0 Å². The van der Waals surface area contributed by atoms with Crippen molar-refractivity contribution in [2.45, 2.75) is 33.0 Å². The first-order valence-corrected chi connectivity index (χ1v) is 10.7. The van der Waals surface area contributed by atoms with E-state index in [9.17, 15) is 14.7 Å². The molecule has 0 spiro atoms. The number of anilines is 1. The van der Waals surface area contributed by atoms with E-state index in [2.05, 4.69) is 15.3 Å². The number of rotatable bonds is 8. The molecule has 0 aliphatic heterocycles. The molecule has 0 radical (unpaired) electrons. The molecule has 4 aromatic rings. The molecular weight excluding hydrogens is 422 g/mol. The third kappa shape index (κ3) is 4.83. The lowest BCUT2D eigenvalue weighted by atomic mass is 10.1. The lowest BCUT2D eigenvalue weighted by Crippen LogP contribution is -2.31. The lowest BCUT2D eigenvalue weighted by Gasteiger charge is -2.16. The third-order valence-corrected chi connectivity index (χ3v) is 5.50. The Morgan fingerprint density at radius 1 is 1.12 bits per heavy atom. The van der Waals surface area contributed by atoms with E-state index in [1.807, 2.05) is 62.4 Å². The van der Waals surface area contributed by atoms with Crippen LogP contribution in [-0.4, -0.2) is 36.9 Å². The number of imidazole rings is 1. The zero-order valence-corrected chi connectivity index (χ0v) is 18.8. The molecule has 3 N–H and O–H groups in total. The molecule has 172 valence electrons. The maximum Gasteiger partial charge on any atom is 0.329 e. The van der Waals surface area contributed by atoms with Gasteiger partial charge in [0.15, 0.2) is 11.2 Å². The highest BCUT2D eigenvalue weighted by Crippen LogP contribution is 2.19. The molecule has 4 rings (SSSR count). The van der Waals surface area contributed by atoms with Crippen LogP contribution in [-0.2, 0) is 20.1 Å². The number of aromatic amines is 1. The summed E-state index contributed by atoms with van der Waals surface area (Å²) in [6.45, 7) is 4.50. The van der Waals surface area contributed by atoms with E-state index in [4.69, 9.17) is 4.74 Å². The van der Waals surface area contributed by atoms with Crippen molar-refractivity contribution in [3.63, 3.8) is 0 Å². The van der Waals surface area contributed by atoms with Crippen molar-refractivity contribution in [3.8, 4) is 5.75 Å². The Morgan fingerprint density at radius 2 is 1.85 bits per heavy atom. The molecule has 1 atom stereocenters. The van der Waals surface area contributed by atoms with Gasteiger partial charge in [-0.25, -0.2) is 4.79 Å². The van der Waals surface area contributed by atoms with Crippen LogP contribution < -0.4 is 21.3 Å². The summed E-state index contributed by atoms with van der Waals surface area (Å²) in [7, 11) is 1.54. The van der Waals surface area contributed by atoms with Crippen molar-refractivity contribution in [2.24, 2.45) is 7.05 Å². The minimum Gasteiger partial charge on any atom is -0.491 e. The van der Waals surface area contributed by atoms with Gasteiger partial charge in [-0.3, -0.25) is 14.3 Å². The average molecular weight is 450 g/mol. The highest BCUT2D eigenvalue weighted by Gasteiger charge is 2.20. The Hall–Kier alpha value is -3.85. The summed E-state index contributed by atoms with van der Waals surface area (Å²) in [5.74, 6) is 1.07. The summed E-state index contributed by atoms with van der Waals surface area (Å²) < 4.78 is 8.64. The lowest BCUT2D eigenvalue weighted by molar-refractivity contribution is 0.0935. The van der Waals surface area contributed by atoms with Gasteiger partial charge >= 0.3 is 5.69 Å². The third-order valence-electron chi connectivity index (χ3n) is 5.50. The minimum atomic E-state index is -0.918. The van der Waals surface area contributed by atoms with E-state index in [0.717, 1.165) is 16.7 Å². The maximum absolute atomic E-state index is 12.6. The van der Waals surface area contributed by atoms with Crippen LogP contribution in [0.4, 0.5) is 5.95 Å². The van der Waals surface area contributed by atoms with Crippen molar-refractivity contribution in [3.05, 3.63) is 86.1 Å². The zero-order chi connectivity index (χ0) is 23.5. The predicted octanol–water partition coefficient (Wildman–Crippen LogP) is 2.09. The van der Waals surface area contributed by atoms with Gasteiger partial charge in [-0.1, -0.05) is 48.0 Å². The first-order chi connectivity index (χ1) is 15.8. The van der Waals surface area contributed by atoms with Gasteiger partial charge in [0.25, 0.3) is 5.56 Å². The number of aromatic nitrogens is 4. The Morgan fingerprint density at radius 3 is 2.58 bits per heavy atom. The molecule has 0 saturated heterocycles. The number of nitrogens with zero attached hydrogens (tertiary/aromatic N) is 3. The van der Waals surface area contributed by atoms with Crippen LogP contribution in [0.1, 0.15) is 16.7 Å². The standard InChI is InChI=1S/C24H27N5O4/c1-15-8-10-17(11-9-15)12-25-23-26-21-20(22(31)27-24(32)28(21)3)29(23)13-18(30)14-33-19-7-5-4-6-16(19)2/h4-11,18,30H,12-14H2,1-3H3,(H,25,26)(H,27,31,32)/t18-/m1/s1. The SMILES string of the molecule is Cc1ccc(CNc2nc3c(c(=O)[nH]c(=O)n3C)n2C[C@@H](O)COc2ccccc2C)cc1. The number of nitrogens with one attached hydrogen (secondary N) is 2. The molecule has 0 aliphatic carbocycles. The molecule has 9 nitrogen and oxygen atoms in total. The van der Waals surface area contributed by atoms with Crippen molar-refractivity contribution < 1.29 is 9.84 Å². The van der Waals surface area contributed by atoms with Gasteiger partial charge in [-0.15, -0.1) is 0 Å². The molecule has 0 bridgehead atoms. The average Bonchev–Trinajstić information content (AvgIpc) is 3.15. The van der Waals surface area contributed by atoms with Crippen LogP contribution in [0, 0.1) is 13.8 Å². The number of aliphatic hydroxyl groups excluding tert-OH is 1. The van der Waals surface area contributed by atoms with Crippen LogP contribution in [0.15, 0.2) is 58.1 Å². The van der Waals surface area contributed by atoms with Crippen LogP contribution in [0.3, 0.4) is 0 Å². The Labute approximate surface area is 190 Å². The topological polar surface area (TPSA) is 114 Å². The van der Waals surface area contributed by atoms with Crippen LogP contribution >= 0.6 is 0 Å². The summed E-state index contributed by atoms with van der Waals surface area (Å²) in [5, 5.41) is 13.9. The van der Waals surface area contributed by atoms with E-state index in [-0.39, 0.29) is 24.3 Å². The van der Waals surface area contributed by atoms with E-state index in [1.54, 1.807) is 11.6 Å². The second kappa shape index (κ2) is 9.33. The predicted molar refractivity (Wildman–Crippen MR) is 127 cm³/mol. The van der Waals surface area contributed by atoms with Gasteiger partial charge in [0, 0.05) is 13.6 Å². The number of para-hydroxylation sites is 1. The fourth-order valence-corrected chi connectivity index (χ4v) is 3.60. The fourth-order valence-electron chi connectivity index (χ4n) is 3.60. The smallest absolute Gasteiger partial charge is 0.329 e. The van der Waals surface area contributed by atoms with Crippen LogP contribution in [0.5, 0.6) is 5.75 Å². The largest absolute Gasteiger partial charge is 0.491 e. The number of fused-ring (bicyclic) bond motifs is 1. The molecule has 0 saturated carbocycles. The zero-order valence-electron chi connectivity index (χ0n) is 18.8. The minimum absolute atomic E-state index is 0.0333. The number of H-pyrrole nitrogens is 1. The molecule has 0 fully saturated rings. The second-order valence-corrected chi connectivity index (χ2v) is 8.11. The normalized spacial score (nSPS) is 12.1. The van der Waals surface area contributed by atoms with Crippen molar-refractivity contribution in [1.82, 2.24) is 19.1 Å². The molecule has 33 heavy (non-hydrogen) atoms. The van der Waals surface area contributed by atoms with E-state index in [1.165, 1.54) is 4.57 Å². The highest BCUT2D eigenvalue weighted by atomic mass is 16.5. The number of benzene rings is 2. The molecule has 9 heteroatoms. The number of hydrogen-bond donors (Lipinski definition) is 3. The Bertz CT molecular complexity index is 1380. The molecule has 0 amide bonds. The molecule has 2 heterocycles. The number of ether oxygens (including phenoxy) is 1. The van der Waals surface area contributed by atoms with Gasteiger partial charge in [0.2, 0.25) is 5.95 Å². The first kappa shape index (κ1) is 22.3. The number of hydrogen-bond acceptors (Lipinski definition) is 6. The molecule has 2 aromatic carbocycles. The monoisotopic (exact) mass is 449 g/mol. The van der Waals surface area contributed by atoms with E-state index in [0.29, 0.717) is 18.2 Å². The summed E-state index contributed by atoms with van der Waals surface area (Å²) >= 11 is 0.